The summed E-state index contributed by atoms with van der Waals surface area (Å²) in [5.41, 5.74) is 7.58. The van der Waals surface area contributed by atoms with Crippen molar-refractivity contribution in [2.24, 2.45) is 17.6 Å². The predicted molar refractivity (Wildman–Crippen MR) is 89.0 cm³/mol. The third-order valence-electron chi connectivity index (χ3n) is 5.01. The Morgan fingerprint density at radius 1 is 1.29 bits per heavy atom. The quantitative estimate of drug-likeness (QED) is 0.900. The number of pyridine rings is 1. The SMILES string of the molecule is CCC(N)C(c1ccccn1)N1CCCC(C(C)C)CC1. The molecule has 2 heterocycles. The fourth-order valence-corrected chi connectivity index (χ4v) is 3.54. The van der Waals surface area contributed by atoms with E-state index in [9.17, 15) is 0 Å². The smallest absolute Gasteiger partial charge is 0.0673 e. The summed E-state index contributed by atoms with van der Waals surface area (Å²) in [6.45, 7) is 9.19. The van der Waals surface area contributed by atoms with Crippen LogP contribution in [0.25, 0.3) is 0 Å². The lowest BCUT2D eigenvalue weighted by Crippen LogP contribution is -2.42. The minimum atomic E-state index is 0.162. The average Bonchev–Trinajstić information content (AvgIpc) is 2.74. The molecule has 1 aromatic heterocycles. The number of hydrogen-bond donors (Lipinski definition) is 1. The molecule has 3 unspecified atom stereocenters. The molecular formula is C18H31N3. The van der Waals surface area contributed by atoms with E-state index in [2.05, 4.69) is 42.8 Å². The lowest BCUT2D eigenvalue weighted by Gasteiger charge is -2.34. The van der Waals surface area contributed by atoms with Crippen LogP contribution in [0.4, 0.5) is 0 Å². The highest BCUT2D eigenvalue weighted by molar-refractivity contribution is 5.11. The van der Waals surface area contributed by atoms with Crippen LogP contribution in [0.15, 0.2) is 24.4 Å². The van der Waals surface area contributed by atoms with Gasteiger partial charge in [0.15, 0.2) is 0 Å². The summed E-state index contributed by atoms with van der Waals surface area (Å²) < 4.78 is 0. The van der Waals surface area contributed by atoms with Crippen molar-refractivity contribution in [1.82, 2.24) is 9.88 Å². The van der Waals surface area contributed by atoms with Crippen molar-refractivity contribution in [3.63, 3.8) is 0 Å². The topological polar surface area (TPSA) is 42.1 Å². The Kier molecular flexibility index (Phi) is 6.19. The van der Waals surface area contributed by atoms with Crippen LogP contribution in [0.3, 0.4) is 0 Å². The van der Waals surface area contributed by atoms with Crippen molar-refractivity contribution in [1.29, 1.82) is 0 Å². The second-order valence-corrected chi connectivity index (χ2v) is 6.74. The molecule has 2 N–H and O–H groups in total. The number of aromatic nitrogens is 1. The number of rotatable bonds is 5. The van der Waals surface area contributed by atoms with Crippen LogP contribution in [-0.2, 0) is 0 Å². The molecule has 0 aromatic carbocycles. The van der Waals surface area contributed by atoms with E-state index in [1.165, 1.54) is 19.3 Å². The minimum absolute atomic E-state index is 0.162. The summed E-state index contributed by atoms with van der Waals surface area (Å²) in [4.78, 5) is 7.17. The van der Waals surface area contributed by atoms with E-state index in [1.807, 2.05) is 12.3 Å². The fourth-order valence-electron chi connectivity index (χ4n) is 3.54. The molecule has 0 amide bonds. The standard InChI is InChI=1S/C18H31N3/c1-4-16(19)18(17-9-5-6-11-20-17)21-12-7-8-15(10-13-21)14(2)3/h5-6,9,11,14-16,18H,4,7-8,10,12-13,19H2,1-3H3. The van der Waals surface area contributed by atoms with E-state index in [4.69, 9.17) is 5.73 Å². The van der Waals surface area contributed by atoms with Crippen LogP contribution >= 0.6 is 0 Å². The zero-order valence-electron chi connectivity index (χ0n) is 13.8. The summed E-state index contributed by atoms with van der Waals surface area (Å²) in [7, 11) is 0. The van der Waals surface area contributed by atoms with Gasteiger partial charge in [-0.1, -0.05) is 26.8 Å². The lowest BCUT2D eigenvalue weighted by atomic mass is 9.89. The van der Waals surface area contributed by atoms with Crippen LogP contribution in [0.5, 0.6) is 0 Å². The van der Waals surface area contributed by atoms with Crippen molar-refractivity contribution in [3.05, 3.63) is 30.1 Å². The molecule has 0 aliphatic carbocycles. The number of nitrogens with two attached hydrogens (primary N) is 1. The highest BCUT2D eigenvalue weighted by Gasteiger charge is 2.29. The third-order valence-corrected chi connectivity index (χ3v) is 5.01. The molecule has 1 fully saturated rings. The van der Waals surface area contributed by atoms with Crippen molar-refractivity contribution in [2.75, 3.05) is 13.1 Å². The third kappa shape index (κ3) is 4.27. The van der Waals surface area contributed by atoms with Gasteiger partial charge >= 0.3 is 0 Å². The molecule has 21 heavy (non-hydrogen) atoms. The first kappa shape index (κ1) is 16.4. The first-order valence-corrected chi connectivity index (χ1v) is 8.54. The Hall–Kier alpha value is -0.930. The second-order valence-electron chi connectivity index (χ2n) is 6.74. The van der Waals surface area contributed by atoms with Gasteiger partial charge in [0.05, 0.1) is 11.7 Å². The molecular weight excluding hydrogens is 258 g/mol. The molecule has 1 aliphatic rings. The summed E-state index contributed by atoms with van der Waals surface area (Å²) in [5.74, 6) is 1.65. The van der Waals surface area contributed by atoms with E-state index in [-0.39, 0.29) is 12.1 Å². The molecule has 3 heteroatoms. The van der Waals surface area contributed by atoms with Crippen LogP contribution in [0.1, 0.15) is 58.2 Å². The zero-order valence-corrected chi connectivity index (χ0v) is 13.8. The van der Waals surface area contributed by atoms with E-state index < -0.39 is 0 Å². The molecule has 118 valence electrons. The van der Waals surface area contributed by atoms with Crippen molar-refractivity contribution < 1.29 is 0 Å². The molecule has 1 aromatic rings. The zero-order chi connectivity index (χ0) is 15.2. The molecule has 1 aliphatic heterocycles. The van der Waals surface area contributed by atoms with Gasteiger partial charge in [0.25, 0.3) is 0 Å². The summed E-state index contributed by atoms with van der Waals surface area (Å²) in [5, 5.41) is 0. The molecule has 0 saturated carbocycles. The van der Waals surface area contributed by atoms with Gasteiger partial charge in [0.1, 0.15) is 0 Å². The van der Waals surface area contributed by atoms with Gasteiger partial charge in [-0.05, 0) is 62.7 Å². The van der Waals surface area contributed by atoms with Crippen LogP contribution < -0.4 is 5.73 Å². The number of nitrogens with zero attached hydrogens (tertiary/aromatic N) is 2. The molecule has 2 rings (SSSR count). The van der Waals surface area contributed by atoms with Gasteiger partial charge in [-0.3, -0.25) is 9.88 Å². The van der Waals surface area contributed by atoms with Gasteiger partial charge in [0.2, 0.25) is 0 Å². The molecule has 0 bridgehead atoms. The maximum Gasteiger partial charge on any atom is 0.0673 e. The Morgan fingerprint density at radius 2 is 2.10 bits per heavy atom. The second kappa shape index (κ2) is 7.90. The Balaban J connectivity index is 2.14. The van der Waals surface area contributed by atoms with Gasteiger partial charge in [-0.15, -0.1) is 0 Å². The molecule has 3 nitrogen and oxygen atoms in total. The minimum Gasteiger partial charge on any atom is -0.326 e. The largest absolute Gasteiger partial charge is 0.326 e. The van der Waals surface area contributed by atoms with Crippen molar-refractivity contribution in [3.8, 4) is 0 Å². The van der Waals surface area contributed by atoms with Gasteiger partial charge < -0.3 is 5.73 Å². The molecule has 1 saturated heterocycles. The van der Waals surface area contributed by atoms with Crippen molar-refractivity contribution >= 4 is 0 Å². The highest BCUT2D eigenvalue weighted by Crippen LogP contribution is 2.30. The Bertz CT molecular complexity index is 404. The highest BCUT2D eigenvalue weighted by atomic mass is 15.2. The van der Waals surface area contributed by atoms with Gasteiger partial charge in [0, 0.05) is 12.2 Å². The molecule has 0 spiro atoms. The van der Waals surface area contributed by atoms with E-state index in [0.29, 0.717) is 0 Å². The summed E-state index contributed by atoms with van der Waals surface area (Å²) in [6.07, 6.45) is 6.80. The number of likely N-dealkylation sites (tertiary alicyclic amines) is 1. The van der Waals surface area contributed by atoms with Gasteiger partial charge in [-0.25, -0.2) is 0 Å². The normalized spacial score (nSPS) is 23.8. The Morgan fingerprint density at radius 3 is 2.71 bits per heavy atom. The predicted octanol–water partition coefficient (Wildman–Crippen LogP) is 3.62. The van der Waals surface area contributed by atoms with E-state index in [0.717, 1.165) is 37.0 Å². The first-order chi connectivity index (χ1) is 10.1. The van der Waals surface area contributed by atoms with Crippen molar-refractivity contribution in [2.45, 2.75) is 58.5 Å². The Labute approximate surface area is 129 Å². The fraction of sp³-hybridized carbons (Fsp3) is 0.722. The first-order valence-electron chi connectivity index (χ1n) is 8.54. The molecule has 3 atom stereocenters. The van der Waals surface area contributed by atoms with Crippen LogP contribution in [0.2, 0.25) is 0 Å². The van der Waals surface area contributed by atoms with E-state index in [1.54, 1.807) is 0 Å². The maximum atomic E-state index is 6.44. The van der Waals surface area contributed by atoms with Gasteiger partial charge in [-0.2, -0.15) is 0 Å². The maximum absolute atomic E-state index is 6.44. The summed E-state index contributed by atoms with van der Waals surface area (Å²) in [6, 6.07) is 6.62. The lowest BCUT2D eigenvalue weighted by molar-refractivity contribution is 0.168. The monoisotopic (exact) mass is 289 g/mol. The summed E-state index contributed by atoms with van der Waals surface area (Å²) >= 11 is 0. The number of hydrogen-bond acceptors (Lipinski definition) is 3. The average molecular weight is 289 g/mol. The van der Waals surface area contributed by atoms with Crippen LogP contribution in [0, 0.1) is 11.8 Å². The van der Waals surface area contributed by atoms with E-state index >= 15 is 0 Å². The molecule has 0 radical (unpaired) electrons. The van der Waals surface area contributed by atoms with Crippen LogP contribution in [-0.4, -0.2) is 29.0 Å².